The summed E-state index contributed by atoms with van der Waals surface area (Å²) in [4.78, 5) is 0. The van der Waals surface area contributed by atoms with E-state index in [1.165, 1.54) is 16.5 Å². The first-order valence-corrected chi connectivity index (χ1v) is 5.42. The average Bonchev–Trinajstić information content (AvgIpc) is 2.62. The highest BCUT2D eigenvalue weighted by molar-refractivity contribution is 5.81. The second-order valence-corrected chi connectivity index (χ2v) is 3.97. The van der Waals surface area contributed by atoms with Gasteiger partial charge in [0.05, 0.1) is 6.26 Å². The summed E-state index contributed by atoms with van der Waals surface area (Å²) in [6, 6.07) is 6.34. The Labute approximate surface area is 90.3 Å². The Morgan fingerprint density at radius 1 is 1.33 bits per heavy atom. The van der Waals surface area contributed by atoms with Crippen LogP contribution < -0.4 is 5.32 Å². The van der Waals surface area contributed by atoms with E-state index < -0.39 is 0 Å². The van der Waals surface area contributed by atoms with Gasteiger partial charge in [0.25, 0.3) is 0 Å². The molecule has 0 radical (unpaired) electrons. The molecule has 2 heteroatoms. The topological polar surface area (TPSA) is 25.2 Å². The molecule has 15 heavy (non-hydrogen) atoms. The molecule has 80 valence electrons. The molecule has 0 aliphatic rings. The van der Waals surface area contributed by atoms with E-state index in [-0.39, 0.29) is 0 Å². The van der Waals surface area contributed by atoms with Crippen LogP contribution in [0.4, 0.5) is 0 Å². The second kappa shape index (κ2) is 4.49. The van der Waals surface area contributed by atoms with Crippen LogP contribution in [0.15, 0.2) is 28.9 Å². The van der Waals surface area contributed by atoms with Crippen molar-refractivity contribution in [1.82, 2.24) is 5.32 Å². The van der Waals surface area contributed by atoms with Gasteiger partial charge >= 0.3 is 0 Å². The van der Waals surface area contributed by atoms with Crippen LogP contribution in [0.25, 0.3) is 11.0 Å². The van der Waals surface area contributed by atoms with Gasteiger partial charge in [0.2, 0.25) is 0 Å². The lowest BCUT2D eigenvalue weighted by Crippen LogP contribution is -2.08. The number of rotatable bonds is 4. The largest absolute Gasteiger partial charge is 0.464 e. The zero-order chi connectivity index (χ0) is 10.7. The summed E-state index contributed by atoms with van der Waals surface area (Å²) in [7, 11) is 1.98. The number of hydrogen-bond donors (Lipinski definition) is 1. The maximum atomic E-state index is 5.51. The first-order valence-electron chi connectivity index (χ1n) is 5.42. The van der Waals surface area contributed by atoms with Crippen molar-refractivity contribution in [3.63, 3.8) is 0 Å². The average molecular weight is 203 g/mol. The number of nitrogens with one attached hydrogen (secondary N) is 1. The highest BCUT2D eigenvalue weighted by atomic mass is 16.3. The molecule has 2 aromatic rings. The number of fused-ring (bicyclic) bond motifs is 1. The normalized spacial score (nSPS) is 11.1. The number of benzene rings is 1. The van der Waals surface area contributed by atoms with Crippen LogP contribution >= 0.6 is 0 Å². The second-order valence-electron chi connectivity index (χ2n) is 3.97. The first-order chi connectivity index (χ1) is 7.31. The van der Waals surface area contributed by atoms with Gasteiger partial charge in [-0.05, 0) is 51.1 Å². The van der Waals surface area contributed by atoms with Gasteiger partial charge in [-0.2, -0.15) is 0 Å². The first kappa shape index (κ1) is 10.2. The van der Waals surface area contributed by atoms with Crippen LogP contribution in [0, 0.1) is 6.92 Å². The fraction of sp³-hybridized carbons (Fsp3) is 0.385. The summed E-state index contributed by atoms with van der Waals surface area (Å²) in [6.07, 6.45) is 4.12. The van der Waals surface area contributed by atoms with Crippen molar-refractivity contribution >= 4 is 11.0 Å². The lowest BCUT2D eigenvalue weighted by Gasteiger charge is -1.98. The minimum atomic E-state index is 1.00. The summed E-state index contributed by atoms with van der Waals surface area (Å²) < 4.78 is 5.51. The van der Waals surface area contributed by atoms with Crippen LogP contribution in [0.1, 0.15) is 17.5 Å². The predicted molar refractivity (Wildman–Crippen MR) is 63.2 cm³/mol. The van der Waals surface area contributed by atoms with Gasteiger partial charge in [-0.3, -0.25) is 0 Å². The molecule has 0 atom stereocenters. The molecule has 1 N–H and O–H groups in total. The Hall–Kier alpha value is -1.28. The summed E-state index contributed by atoms with van der Waals surface area (Å²) in [5.74, 6) is 0. The van der Waals surface area contributed by atoms with E-state index in [0.29, 0.717) is 0 Å². The van der Waals surface area contributed by atoms with Gasteiger partial charge in [0.1, 0.15) is 5.58 Å². The van der Waals surface area contributed by atoms with E-state index >= 15 is 0 Å². The fourth-order valence-corrected chi connectivity index (χ4v) is 1.84. The maximum Gasteiger partial charge on any atom is 0.134 e. The SMILES string of the molecule is CNCCCc1coc2ccc(C)cc12. The lowest BCUT2D eigenvalue weighted by atomic mass is 10.1. The quantitative estimate of drug-likeness (QED) is 0.773. The number of hydrogen-bond acceptors (Lipinski definition) is 2. The Balaban J connectivity index is 2.23. The molecular formula is C13H17NO. The number of furan rings is 1. The summed E-state index contributed by atoms with van der Waals surface area (Å²) in [5, 5.41) is 4.43. The molecule has 0 aliphatic carbocycles. The van der Waals surface area contributed by atoms with Gasteiger partial charge in [0, 0.05) is 5.39 Å². The molecule has 0 bridgehead atoms. The molecule has 1 aromatic carbocycles. The standard InChI is InChI=1S/C13H17NO/c1-10-5-6-13-12(8-10)11(9-15-13)4-3-7-14-2/h5-6,8-9,14H,3-4,7H2,1-2H3. The smallest absolute Gasteiger partial charge is 0.134 e. The molecule has 0 spiro atoms. The van der Waals surface area contributed by atoms with Crippen molar-refractivity contribution in [1.29, 1.82) is 0 Å². The van der Waals surface area contributed by atoms with Crippen LogP contribution in [0.2, 0.25) is 0 Å². The monoisotopic (exact) mass is 203 g/mol. The summed E-state index contributed by atoms with van der Waals surface area (Å²) in [6.45, 7) is 3.17. The highest BCUT2D eigenvalue weighted by Crippen LogP contribution is 2.23. The molecule has 2 rings (SSSR count). The zero-order valence-corrected chi connectivity index (χ0v) is 9.34. The maximum absolute atomic E-state index is 5.51. The van der Waals surface area contributed by atoms with Crippen LogP contribution in [-0.2, 0) is 6.42 Å². The van der Waals surface area contributed by atoms with Crippen LogP contribution in [0.5, 0.6) is 0 Å². The van der Waals surface area contributed by atoms with Crippen molar-refractivity contribution in [2.45, 2.75) is 19.8 Å². The Bertz CT molecular complexity index is 445. The molecule has 0 aliphatic heterocycles. The van der Waals surface area contributed by atoms with Crippen molar-refractivity contribution in [2.24, 2.45) is 0 Å². The Morgan fingerprint density at radius 3 is 3.00 bits per heavy atom. The third kappa shape index (κ3) is 2.21. The molecule has 0 saturated heterocycles. The zero-order valence-electron chi connectivity index (χ0n) is 9.34. The Kier molecular flexibility index (Phi) is 3.07. The van der Waals surface area contributed by atoms with E-state index in [4.69, 9.17) is 4.42 Å². The third-order valence-corrected chi connectivity index (χ3v) is 2.68. The highest BCUT2D eigenvalue weighted by Gasteiger charge is 2.04. The summed E-state index contributed by atoms with van der Waals surface area (Å²) >= 11 is 0. The van der Waals surface area contributed by atoms with Gasteiger partial charge in [-0.15, -0.1) is 0 Å². The van der Waals surface area contributed by atoms with E-state index in [1.807, 2.05) is 19.4 Å². The van der Waals surface area contributed by atoms with Gasteiger partial charge in [-0.1, -0.05) is 11.6 Å². The minimum absolute atomic E-state index is 1.00. The molecule has 0 saturated carbocycles. The van der Waals surface area contributed by atoms with Crippen LogP contribution in [-0.4, -0.2) is 13.6 Å². The minimum Gasteiger partial charge on any atom is -0.464 e. The van der Waals surface area contributed by atoms with Crippen molar-refractivity contribution in [3.05, 3.63) is 35.6 Å². The van der Waals surface area contributed by atoms with Crippen molar-refractivity contribution in [2.75, 3.05) is 13.6 Å². The summed E-state index contributed by atoms with van der Waals surface area (Å²) in [5.41, 5.74) is 3.61. The molecular weight excluding hydrogens is 186 g/mol. The molecule has 1 heterocycles. The lowest BCUT2D eigenvalue weighted by molar-refractivity contribution is 0.607. The third-order valence-electron chi connectivity index (χ3n) is 2.68. The van der Waals surface area contributed by atoms with E-state index in [1.54, 1.807) is 0 Å². The van der Waals surface area contributed by atoms with E-state index in [9.17, 15) is 0 Å². The molecule has 2 nitrogen and oxygen atoms in total. The molecule has 0 unspecified atom stereocenters. The predicted octanol–water partition coefficient (Wildman–Crippen LogP) is 2.89. The molecule has 0 amide bonds. The van der Waals surface area contributed by atoms with Crippen molar-refractivity contribution in [3.8, 4) is 0 Å². The molecule has 0 fully saturated rings. The van der Waals surface area contributed by atoms with Gasteiger partial charge in [-0.25, -0.2) is 0 Å². The fourth-order valence-electron chi connectivity index (χ4n) is 1.84. The van der Waals surface area contributed by atoms with Crippen LogP contribution in [0.3, 0.4) is 0 Å². The van der Waals surface area contributed by atoms with Crippen molar-refractivity contribution < 1.29 is 4.42 Å². The van der Waals surface area contributed by atoms with Gasteiger partial charge in [0.15, 0.2) is 0 Å². The van der Waals surface area contributed by atoms with E-state index in [0.717, 1.165) is 25.0 Å². The van der Waals surface area contributed by atoms with E-state index in [2.05, 4.69) is 24.4 Å². The van der Waals surface area contributed by atoms with Gasteiger partial charge < -0.3 is 9.73 Å². The molecule has 1 aromatic heterocycles. The number of aryl methyl sites for hydroxylation is 2. The Morgan fingerprint density at radius 2 is 2.20 bits per heavy atom.